The third kappa shape index (κ3) is 6.04. The van der Waals surface area contributed by atoms with E-state index in [1.807, 2.05) is 12.1 Å². The van der Waals surface area contributed by atoms with E-state index in [0.717, 1.165) is 5.56 Å². The Balaban J connectivity index is 1.49. The first kappa shape index (κ1) is 25.6. The first-order valence-corrected chi connectivity index (χ1v) is 11.7. The van der Waals surface area contributed by atoms with Crippen molar-refractivity contribution in [1.82, 2.24) is 0 Å². The molecule has 0 amide bonds. The van der Waals surface area contributed by atoms with Crippen molar-refractivity contribution in [3.8, 4) is 17.2 Å². The van der Waals surface area contributed by atoms with Crippen molar-refractivity contribution in [1.29, 1.82) is 0 Å². The predicted molar refractivity (Wildman–Crippen MR) is 122 cm³/mol. The Labute approximate surface area is 202 Å². The van der Waals surface area contributed by atoms with Gasteiger partial charge in [0.25, 0.3) is 0 Å². The molecule has 0 saturated carbocycles. The first-order chi connectivity index (χ1) is 16.7. The quantitative estimate of drug-likeness (QED) is 0.275. The molecule has 7 N–H and O–H groups in total. The second-order valence-corrected chi connectivity index (χ2v) is 9.13. The fraction of sp³-hybridized carbons (Fsp3) is 0.520. The SMILES string of the molecule is OC[C@H]1O[C@@H](O[C@@H]2C[C@@H](CCc3ccc(O)cc3)O[C@@H](c3ccc(O)c(O)c3)C2)[C@H](O)[C@@H](O)[C@@H]1O. The van der Waals surface area contributed by atoms with Gasteiger partial charge < -0.3 is 50.0 Å². The summed E-state index contributed by atoms with van der Waals surface area (Å²) >= 11 is 0. The van der Waals surface area contributed by atoms with E-state index >= 15 is 0 Å². The van der Waals surface area contributed by atoms with Crippen LogP contribution in [0.3, 0.4) is 0 Å². The summed E-state index contributed by atoms with van der Waals surface area (Å²) in [6.07, 6.45) is -6.01. The number of ether oxygens (including phenoxy) is 3. The molecule has 2 aromatic carbocycles. The number of rotatable bonds is 7. The van der Waals surface area contributed by atoms with Gasteiger partial charge in [-0.25, -0.2) is 0 Å². The highest BCUT2D eigenvalue weighted by Crippen LogP contribution is 2.38. The number of hydrogen-bond acceptors (Lipinski definition) is 10. The lowest BCUT2D eigenvalue weighted by atomic mass is 9.92. The molecule has 10 nitrogen and oxygen atoms in total. The van der Waals surface area contributed by atoms with E-state index in [4.69, 9.17) is 14.2 Å². The Hall–Kier alpha value is -2.44. The fourth-order valence-corrected chi connectivity index (χ4v) is 4.58. The standard InChI is InChI=1S/C25H32O10/c26-12-21-22(30)23(31)24(32)25(35-21)34-17-10-16(7-3-13-1-5-15(27)6-2-13)33-20(11-17)14-4-8-18(28)19(29)9-14/h1-2,4-6,8-9,16-17,20-32H,3,7,10-12H2/t16-,17-,20-,21-,22-,23+,24-,25-/m1/s1. The van der Waals surface area contributed by atoms with Gasteiger partial charge in [0.1, 0.15) is 30.2 Å². The minimum Gasteiger partial charge on any atom is -0.508 e. The lowest BCUT2D eigenvalue weighted by molar-refractivity contribution is -0.318. The van der Waals surface area contributed by atoms with E-state index in [1.54, 1.807) is 18.2 Å². The van der Waals surface area contributed by atoms with E-state index in [9.17, 15) is 35.7 Å². The van der Waals surface area contributed by atoms with Crippen molar-refractivity contribution in [2.45, 2.75) is 74.7 Å². The van der Waals surface area contributed by atoms with Crippen LogP contribution in [0.15, 0.2) is 42.5 Å². The van der Waals surface area contributed by atoms with Crippen molar-refractivity contribution in [2.75, 3.05) is 6.61 Å². The zero-order valence-electron chi connectivity index (χ0n) is 19.1. The maximum absolute atomic E-state index is 10.4. The number of aliphatic hydroxyl groups excluding tert-OH is 4. The van der Waals surface area contributed by atoms with Crippen LogP contribution in [0.4, 0.5) is 0 Å². The fourth-order valence-electron chi connectivity index (χ4n) is 4.58. The Morgan fingerprint density at radius 2 is 1.57 bits per heavy atom. The van der Waals surface area contributed by atoms with Crippen molar-refractivity contribution in [3.05, 3.63) is 53.6 Å². The number of aryl methyl sites for hydroxylation is 1. The Bertz CT molecular complexity index is 965. The summed E-state index contributed by atoms with van der Waals surface area (Å²) in [5.41, 5.74) is 1.65. The molecular formula is C25H32O10. The molecule has 2 aliphatic heterocycles. The van der Waals surface area contributed by atoms with Crippen LogP contribution < -0.4 is 0 Å². The van der Waals surface area contributed by atoms with Gasteiger partial charge in [-0.3, -0.25) is 0 Å². The summed E-state index contributed by atoms with van der Waals surface area (Å²) in [5, 5.41) is 69.1. The third-order valence-electron chi connectivity index (χ3n) is 6.60. The number of hydrogen-bond donors (Lipinski definition) is 7. The van der Waals surface area contributed by atoms with Gasteiger partial charge in [-0.2, -0.15) is 0 Å². The van der Waals surface area contributed by atoms with Gasteiger partial charge in [0.05, 0.1) is 24.9 Å². The zero-order valence-corrected chi connectivity index (χ0v) is 19.1. The van der Waals surface area contributed by atoms with E-state index in [-0.39, 0.29) is 23.4 Å². The number of aliphatic hydroxyl groups is 4. The van der Waals surface area contributed by atoms with Crippen LogP contribution in [0, 0.1) is 0 Å². The molecule has 2 heterocycles. The maximum Gasteiger partial charge on any atom is 0.186 e. The van der Waals surface area contributed by atoms with Crippen LogP contribution in [0.1, 0.15) is 36.5 Å². The highest BCUT2D eigenvalue weighted by atomic mass is 16.7. The molecule has 0 spiro atoms. The molecule has 2 aromatic rings. The largest absolute Gasteiger partial charge is 0.508 e. The highest BCUT2D eigenvalue weighted by molar-refractivity contribution is 5.41. The molecule has 0 unspecified atom stereocenters. The van der Waals surface area contributed by atoms with E-state index < -0.39 is 49.5 Å². The molecule has 8 atom stereocenters. The number of aromatic hydroxyl groups is 3. The van der Waals surface area contributed by atoms with Gasteiger partial charge in [0.15, 0.2) is 17.8 Å². The van der Waals surface area contributed by atoms with E-state index in [0.29, 0.717) is 31.2 Å². The van der Waals surface area contributed by atoms with Gasteiger partial charge in [-0.15, -0.1) is 0 Å². The Morgan fingerprint density at radius 3 is 2.26 bits per heavy atom. The van der Waals surface area contributed by atoms with Crippen LogP contribution in [0.2, 0.25) is 0 Å². The van der Waals surface area contributed by atoms with Gasteiger partial charge >= 0.3 is 0 Å². The second-order valence-electron chi connectivity index (χ2n) is 9.13. The average Bonchev–Trinajstić information content (AvgIpc) is 2.85. The topological polar surface area (TPSA) is 169 Å². The lowest BCUT2D eigenvalue weighted by Crippen LogP contribution is -2.60. The molecule has 0 bridgehead atoms. The van der Waals surface area contributed by atoms with Gasteiger partial charge in [-0.1, -0.05) is 18.2 Å². The molecule has 0 aliphatic carbocycles. The van der Waals surface area contributed by atoms with E-state index in [1.165, 1.54) is 12.1 Å². The molecule has 35 heavy (non-hydrogen) atoms. The molecular weight excluding hydrogens is 460 g/mol. The molecule has 2 aliphatic rings. The van der Waals surface area contributed by atoms with Crippen molar-refractivity contribution in [2.24, 2.45) is 0 Å². The summed E-state index contributed by atoms with van der Waals surface area (Å²) < 4.78 is 17.8. The molecule has 10 heteroatoms. The normalized spacial score (nSPS) is 33.5. The van der Waals surface area contributed by atoms with Gasteiger partial charge in [0.2, 0.25) is 0 Å². The smallest absolute Gasteiger partial charge is 0.186 e. The monoisotopic (exact) mass is 492 g/mol. The van der Waals surface area contributed by atoms with Crippen molar-refractivity contribution < 1.29 is 50.0 Å². The van der Waals surface area contributed by atoms with E-state index in [2.05, 4.69) is 0 Å². The van der Waals surface area contributed by atoms with Crippen LogP contribution in [0.5, 0.6) is 17.2 Å². The summed E-state index contributed by atoms with van der Waals surface area (Å²) in [6, 6.07) is 11.3. The zero-order chi connectivity index (χ0) is 25.1. The number of benzene rings is 2. The summed E-state index contributed by atoms with van der Waals surface area (Å²) in [6.45, 7) is -0.552. The minimum absolute atomic E-state index is 0.183. The average molecular weight is 493 g/mol. The first-order valence-electron chi connectivity index (χ1n) is 11.7. The molecule has 2 saturated heterocycles. The summed E-state index contributed by atoms with van der Waals surface area (Å²) in [7, 11) is 0. The Kier molecular flexibility index (Phi) is 8.12. The summed E-state index contributed by atoms with van der Waals surface area (Å²) in [5.74, 6) is -0.339. The highest BCUT2D eigenvalue weighted by Gasteiger charge is 2.45. The maximum atomic E-state index is 10.4. The lowest BCUT2D eigenvalue weighted by Gasteiger charge is -2.43. The summed E-state index contributed by atoms with van der Waals surface area (Å²) in [4.78, 5) is 0. The van der Waals surface area contributed by atoms with Crippen LogP contribution >= 0.6 is 0 Å². The van der Waals surface area contributed by atoms with Gasteiger partial charge in [0, 0.05) is 12.8 Å². The van der Waals surface area contributed by atoms with Crippen molar-refractivity contribution in [3.63, 3.8) is 0 Å². The van der Waals surface area contributed by atoms with Gasteiger partial charge in [-0.05, 0) is 48.2 Å². The van der Waals surface area contributed by atoms with Crippen LogP contribution in [0.25, 0.3) is 0 Å². The molecule has 0 radical (unpaired) electrons. The van der Waals surface area contributed by atoms with Crippen LogP contribution in [-0.4, -0.2) is 85.3 Å². The number of phenols is 3. The number of phenolic OH excluding ortho intramolecular Hbond substituents is 3. The Morgan fingerprint density at radius 1 is 0.829 bits per heavy atom. The third-order valence-corrected chi connectivity index (χ3v) is 6.60. The minimum atomic E-state index is -1.54. The predicted octanol–water partition coefficient (Wildman–Crippen LogP) is 0.841. The molecule has 2 fully saturated rings. The second kappa shape index (κ2) is 11.1. The molecule has 4 rings (SSSR count). The van der Waals surface area contributed by atoms with Crippen molar-refractivity contribution >= 4 is 0 Å². The van der Waals surface area contributed by atoms with Crippen LogP contribution in [-0.2, 0) is 20.6 Å². The molecule has 0 aromatic heterocycles. The molecule has 192 valence electrons.